The van der Waals surface area contributed by atoms with Crippen molar-refractivity contribution in [2.24, 2.45) is 5.84 Å². The first-order chi connectivity index (χ1) is 7.00. The summed E-state index contributed by atoms with van der Waals surface area (Å²) in [5.41, 5.74) is 3.68. The lowest BCUT2D eigenvalue weighted by Crippen LogP contribution is -2.32. The van der Waals surface area contributed by atoms with Gasteiger partial charge in [0.2, 0.25) is 0 Å². The second-order valence-corrected chi connectivity index (χ2v) is 5.20. The Morgan fingerprint density at radius 3 is 2.67 bits per heavy atom. The molecule has 0 saturated carbocycles. The Labute approximate surface area is 94.1 Å². The quantitative estimate of drug-likeness (QED) is 0.596. The zero-order chi connectivity index (χ0) is 11.5. The first-order valence-electron chi connectivity index (χ1n) is 4.78. The van der Waals surface area contributed by atoms with Gasteiger partial charge in [0.15, 0.2) is 0 Å². The number of methoxy groups -OCH3 is 1. The van der Waals surface area contributed by atoms with Crippen molar-refractivity contribution in [3.05, 3.63) is 10.6 Å². The third-order valence-electron chi connectivity index (χ3n) is 2.07. The zero-order valence-electron chi connectivity index (χ0n) is 9.57. The molecule has 0 aliphatic carbocycles. The van der Waals surface area contributed by atoms with Crippen molar-refractivity contribution in [2.45, 2.75) is 32.2 Å². The van der Waals surface area contributed by atoms with E-state index >= 15 is 0 Å². The van der Waals surface area contributed by atoms with Crippen molar-refractivity contribution in [1.29, 1.82) is 0 Å². The molecule has 1 aromatic heterocycles. The molecule has 6 heteroatoms. The SMILES string of the molecule is COCC(NN)c1snnc1C(C)(C)C. The van der Waals surface area contributed by atoms with Crippen LogP contribution in [0.15, 0.2) is 0 Å². The molecule has 1 heterocycles. The van der Waals surface area contributed by atoms with Crippen molar-refractivity contribution < 1.29 is 4.74 Å². The highest BCUT2D eigenvalue weighted by atomic mass is 32.1. The summed E-state index contributed by atoms with van der Waals surface area (Å²) in [5, 5.41) is 4.16. The highest BCUT2D eigenvalue weighted by Crippen LogP contribution is 2.29. The Balaban J connectivity index is 2.97. The Morgan fingerprint density at radius 1 is 1.53 bits per heavy atom. The fourth-order valence-electron chi connectivity index (χ4n) is 1.31. The number of ether oxygens (including phenoxy) is 1. The average Bonchev–Trinajstić information content (AvgIpc) is 2.61. The predicted molar refractivity (Wildman–Crippen MR) is 60.5 cm³/mol. The Morgan fingerprint density at radius 2 is 2.20 bits per heavy atom. The molecule has 0 fully saturated rings. The van der Waals surface area contributed by atoms with Gasteiger partial charge in [0.25, 0.3) is 0 Å². The first-order valence-corrected chi connectivity index (χ1v) is 5.55. The molecule has 0 bridgehead atoms. The molecule has 5 nitrogen and oxygen atoms in total. The summed E-state index contributed by atoms with van der Waals surface area (Å²) in [7, 11) is 1.65. The smallest absolute Gasteiger partial charge is 0.0858 e. The summed E-state index contributed by atoms with van der Waals surface area (Å²) in [4.78, 5) is 1.05. The van der Waals surface area contributed by atoms with E-state index in [4.69, 9.17) is 10.6 Å². The van der Waals surface area contributed by atoms with Gasteiger partial charge in [-0.1, -0.05) is 25.3 Å². The molecule has 0 saturated heterocycles. The molecular weight excluding hydrogens is 212 g/mol. The van der Waals surface area contributed by atoms with Crippen molar-refractivity contribution in [1.82, 2.24) is 15.0 Å². The fourth-order valence-corrected chi connectivity index (χ4v) is 2.22. The van der Waals surface area contributed by atoms with Gasteiger partial charge < -0.3 is 4.74 Å². The maximum atomic E-state index is 5.48. The maximum Gasteiger partial charge on any atom is 0.0858 e. The highest BCUT2D eigenvalue weighted by Gasteiger charge is 2.26. The van der Waals surface area contributed by atoms with E-state index < -0.39 is 0 Å². The van der Waals surface area contributed by atoms with Crippen LogP contribution in [0.5, 0.6) is 0 Å². The van der Waals surface area contributed by atoms with E-state index in [0.29, 0.717) is 6.61 Å². The van der Waals surface area contributed by atoms with Gasteiger partial charge in [-0.3, -0.25) is 5.84 Å². The second-order valence-electron chi connectivity index (χ2n) is 4.41. The first kappa shape index (κ1) is 12.5. The molecule has 86 valence electrons. The number of nitrogens with zero attached hydrogens (tertiary/aromatic N) is 2. The van der Waals surface area contributed by atoms with Crippen LogP contribution in [-0.2, 0) is 10.2 Å². The molecule has 0 aliphatic rings. The maximum absolute atomic E-state index is 5.48. The van der Waals surface area contributed by atoms with E-state index in [1.807, 2.05) is 0 Å². The molecule has 1 atom stereocenters. The van der Waals surface area contributed by atoms with Crippen LogP contribution in [-0.4, -0.2) is 23.3 Å². The van der Waals surface area contributed by atoms with Crippen molar-refractivity contribution in [2.75, 3.05) is 13.7 Å². The highest BCUT2D eigenvalue weighted by molar-refractivity contribution is 7.05. The van der Waals surface area contributed by atoms with Crippen LogP contribution in [0.4, 0.5) is 0 Å². The van der Waals surface area contributed by atoms with Gasteiger partial charge in [-0.15, -0.1) is 5.10 Å². The molecule has 3 N–H and O–H groups in total. The minimum atomic E-state index is -0.0378. The van der Waals surface area contributed by atoms with Gasteiger partial charge in [-0.2, -0.15) is 0 Å². The van der Waals surface area contributed by atoms with Gasteiger partial charge in [0.05, 0.1) is 23.2 Å². The van der Waals surface area contributed by atoms with Crippen LogP contribution in [0.3, 0.4) is 0 Å². The summed E-state index contributed by atoms with van der Waals surface area (Å²) in [5.74, 6) is 5.48. The summed E-state index contributed by atoms with van der Waals surface area (Å²) in [6, 6.07) is -0.0378. The monoisotopic (exact) mass is 230 g/mol. The van der Waals surface area contributed by atoms with Crippen molar-refractivity contribution >= 4 is 11.5 Å². The van der Waals surface area contributed by atoms with Gasteiger partial charge >= 0.3 is 0 Å². The van der Waals surface area contributed by atoms with Gasteiger partial charge in [-0.05, 0) is 11.5 Å². The number of nitrogens with one attached hydrogen (secondary N) is 1. The van der Waals surface area contributed by atoms with Gasteiger partial charge in [0.1, 0.15) is 0 Å². The largest absolute Gasteiger partial charge is 0.383 e. The number of aromatic nitrogens is 2. The third kappa shape index (κ3) is 2.94. The van der Waals surface area contributed by atoms with Crippen LogP contribution < -0.4 is 11.3 Å². The van der Waals surface area contributed by atoms with E-state index in [9.17, 15) is 0 Å². The zero-order valence-corrected chi connectivity index (χ0v) is 10.4. The Bertz CT molecular complexity index is 307. The second kappa shape index (κ2) is 4.98. The molecule has 0 radical (unpaired) electrons. The Kier molecular flexibility index (Phi) is 4.15. The fraction of sp³-hybridized carbons (Fsp3) is 0.778. The van der Waals surface area contributed by atoms with Crippen LogP contribution in [0.1, 0.15) is 37.4 Å². The van der Waals surface area contributed by atoms with Crippen molar-refractivity contribution in [3.63, 3.8) is 0 Å². The number of hydrogen-bond donors (Lipinski definition) is 2. The lowest BCUT2D eigenvalue weighted by Gasteiger charge is -2.20. The number of nitrogens with two attached hydrogens (primary N) is 1. The van der Waals surface area contributed by atoms with Gasteiger partial charge in [0, 0.05) is 12.5 Å². The number of rotatable bonds is 4. The van der Waals surface area contributed by atoms with E-state index in [0.717, 1.165) is 10.6 Å². The third-order valence-corrected chi connectivity index (χ3v) is 2.91. The van der Waals surface area contributed by atoms with Crippen molar-refractivity contribution in [3.8, 4) is 0 Å². The molecular formula is C9H18N4OS. The number of hydrogen-bond acceptors (Lipinski definition) is 6. The topological polar surface area (TPSA) is 73.1 Å². The van der Waals surface area contributed by atoms with E-state index in [-0.39, 0.29) is 11.5 Å². The molecule has 1 unspecified atom stereocenters. The van der Waals surface area contributed by atoms with E-state index in [2.05, 4.69) is 35.8 Å². The lowest BCUT2D eigenvalue weighted by atomic mass is 9.90. The van der Waals surface area contributed by atoms with Crippen LogP contribution in [0.2, 0.25) is 0 Å². The number of hydrazine groups is 1. The molecule has 15 heavy (non-hydrogen) atoms. The average molecular weight is 230 g/mol. The van der Waals surface area contributed by atoms with E-state index in [1.165, 1.54) is 11.5 Å². The minimum Gasteiger partial charge on any atom is -0.383 e. The van der Waals surface area contributed by atoms with Crippen LogP contribution >= 0.6 is 11.5 Å². The molecule has 0 aliphatic heterocycles. The standard InChI is InChI=1S/C9H18N4OS/c1-9(2,3)8-7(15-13-12-8)6(11-10)5-14-4/h6,11H,5,10H2,1-4H3. The van der Waals surface area contributed by atoms with Gasteiger partial charge in [-0.25, -0.2) is 5.43 Å². The molecule has 0 amide bonds. The summed E-state index contributed by atoms with van der Waals surface area (Å²) in [6.45, 7) is 6.83. The molecule has 0 spiro atoms. The summed E-state index contributed by atoms with van der Waals surface area (Å²) in [6.07, 6.45) is 0. The minimum absolute atomic E-state index is 0.0226. The predicted octanol–water partition coefficient (Wildman–Crippen LogP) is 0.986. The van der Waals surface area contributed by atoms with E-state index in [1.54, 1.807) is 7.11 Å². The molecule has 0 aromatic carbocycles. The normalized spacial score (nSPS) is 14.2. The van der Waals surface area contributed by atoms with Crippen LogP contribution in [0.25, 0.3) is 0 Å². The lowest BCUT2D eigenvalue weighted by molar-refractivity contribution is 0.167. The molecule has 1 aromatic rings. The summed E-state index contributed by atoms with van der Waals surface area (Å²) < 4.78 is 9.08. The Hall–Kier alpha value is -0.560. The van der Waals surface area contributed by atoms with Crippen LogP contribution in [0, 0.1) is 0 Å². The molecule has 1 rings (SSSR count). The summed E-state index contributed by atoms with van der Waals surface area (Å²) >= 11 is 1.37.